The smallest absolute Gasteiger partial charge is 0.267 e. The van der Waals surface area contributed by atoms with E-state index in [1.165, 1.54) is 4.40 Å². The third-order valence-corrected chi connectivity index (χ3v) is 6.16. The fourth-order valence-corrected chi connectivity index (χ4v) is 4.27. The summed E-state index contributed by atoms with van der Waals surface area (Å²) in [5, 5.41) is 5.27. The molecule has 5 rings (SSSR count). The first kappa shape index (κ1) is 23.5. The summed E-state index contributed by atoms with van der Waals surface area (Å²) in [6, 6.07) is 19.9. The summed E-state index contributed by atoms with van der Waals surface area (Å²) in [4.78, 5) is 30.8. The van der Waals surface area contributed by atoms with Crippen LogP contribution in [0.15, 0.2) is 77.7 Å². The van der Waals surface area contributed by atoms with E-state index in [1.807, 2.05) is 50.2 Å². The van der Waals surface area contributed by atoms with Gasteiger partial charge in [-0.3, -0.25) is 14.0 Å². The lowest BCUT2D eigenvalue weighted by atomic mass is 10.1. The second-order valence-electron chi connectivity index (χ2n) is 8.58. The predicted octanol–water partition coefficient (Wildman–Crippen LogP) is 5.39. The van der Waals surface area contributed by atoms with E-state index in [-0.39, 0.29) is 17.9 Å². The maximum atomic E-state index is 13.5. The van der Waals surface area contributed by atoms with Gasteiger partial charge in [0.05, 0.1) is 16.9 Å². The number of carbonyl (C=O) groups is 1. The first-order valence-electron chi connectivity index (χ1n) is 11.4. The molecule has 3 heterocycles. The van der Waals surface area contributed by atoms with Gasteiger partial charge in [0.2, 0.25) is 0 Å². The number of rotatable bonds is 6. The molecule has 3 aromatic heterocycles. The van der Waals surface area contributed by atoms with Crippen molar-refractivity contribution in [2.45, 2.75) is 20.8 Å². The Morgan fingerprint density at radius 1 is 1.00 bits per heavy atom. The number of pyridine rings is 1. The molecule has 36 heavy (non-hydrogen) atoms. The number of ether oxygens (including phenoxy) is 1. The summed E-state index contributed by atoms with van der Waals surface area (Å²) in [6.07, 6.45) is 1.63. The van der Waals surface area contributed by atoms with E-state index in [4.69, 9.17) is 16.3 Å². The number of Topliss-reactive ketones (excluding diaryl/α,β-unsaturated/α-hetero) is 1. The van der Waals surface area contributed by atoms with Crippen LogP contribution in [0.3, 0.4) is 0 Å². The Labute approximate surface area is 212 Å². The third kappa shape index (κ3) is 4.41. The highest BCUT2D eigenvalue weighted by atomic mass is 35.5. The van der Waals surface area contributed by atoms with Gasteiger partial charge in [0.15, 0.2) is 23.8 Å². The van der Waals surface area contributed by atoms with Crippen LogP contribution < -0.4 is 10.3 Å². The molecule has 0 aliphatic carbocycles. The van der Waals surface area contributed by atoms with E-state index >= 15 is 0 Å². The number of hydrogen-bond donors (Lipinski definition) is 0. The molecule has 0 fully saturated rings. The molecule has 0 bridgehead atoms. The van der Waals surface area contributed by atoms with Crippen LogP contribution >= 0.6 is 11.6 Å². The van der Waals surface area contributed by atoms with Crippen LogP contribution in [0.4, 0.5) is 0 Å². The van der Waals surface area contributed by atoms with E-state index in [0.29, 0.717) is 38.9 Å². The van der Waals surface area contributed by atoms with Gasteiger partial charge < -0.3 is 4.74 Å². The maximum absolute atomic E-state index is 13.5. The van der Waals surface area contributed by atoms with Crippen molar-refractivity contribution in [3.8, 4) is 22.7 Å². The van der Waals surface area contributed by atoms with E-state index in [9.17, 15) is 9.59 Å². The summed E-state index contributed by atoms with van der Waals surface area (Å²) >= 11 is 6.15. The molecule has 0 radical (unpaired) electrons. The highest BCUT2D eigenvalue weighted by Crippen LogP contribution is 2.25. The zero-order valence-electron chi connectivity index (χ0n) is 20.0. The molecule has 0 aliphatic heterocycles. The van der Waals surface area contributed by atoms with Gasteiger partial charge in [0, 0.05) is 22.5 Å². The Kier molecular flexibility index (Phi) is 6.16. The quantitative estimate of drug-likeness (QED) is 0.293. The number of ketones is 1. The number of aromatic nitrogens is 4. The molecule has 0 unspecified atom stereocenters. The van der Waals surface area contributed by atoms with Crippen LogP contribution in [0, 0.1) is 20.8 Å². The zero-order valence-corrected chi connectivity index (χ0v) is 20.8. The summed E-state index contributed by atoms with van der Waals surface area (Å²) in [5.74, 6) is 0.195. The Hall–Kier alpha value is -4.23. The minimum absolute atomic E-state index is 0.158. The number of aryl methyl sites for hydroxylation is 3. The first-order valence-corrected chi connectivity index (χ1v) is 11.8. The molecule has 0 aliphatic rings. The van der Waals surface area contributed by atoms with Crippen LogP contribution in [-0.2, 0) is 0 Å². The summed E-state index contributed by atoms with van der Waals surface area (Å²) in [6.45, 7) is 5.47. The number of benzene rings is 2. The van der Waals surface area contributed by atoms with Gasteiger partial charge >= 0.3 is 0 Å². The maximum Gasteiger partial charge on any atom is 0.267 e. The van der Waals surface area contributed by atoms with Gasteiger partial charge in [-0.05, 0) is 57.2 Å². The van der Waals surface area contributed by atoms with E-state index < -0.39 is 0 Å². The van der Waals surface area contributed by atoms with Crippen LogP contribution in [0.25, 0.3) is 22.6 Å². The molecule has 8 heteroatoms. The topological polar surface area (TPSA) is 78.5 Å². The summed E-state index contributed by atoms with van der Waals surface area (Å²) < 4.78 is 8.97. The number of nitrogens with zero attached hydrogens (tertiary/aromatic N) is 4. The van der Waals surface area contributed by atoms with Crippen LogP contribution in [-0.4, -0.2) is 31.6 Å². The van der Waals surface area contributed by atoms with Crippen LogP contribution in [0.2, 0.25) is 5.02 Å². The van der Waals surface area contributed by atoms with Gasteiger partial charge in [-0.2, -0.15) is 5.10 Å². The van der Waals surface area contributed by atoms with Crippen molar-refractivity contribution in [3.63, 3.8) is 0 Å². The lowest BCUT2D eigenvalue weighted by molar-refractivity contribution is 0.0922. The summed E-state index contributed by atoms with van der Waals surface area (Å²) in [5.41, 5.74) is 4.77. The van der Waals surface area contributed by atoms with Crippen LogP contribution in [0.1, 0.15) is 27.3 Å². The standard InChI is InChI=1S/C28H23ClN4O3/c1-17-9-11-20(12-10-17)24(34)16-36-25-8-5-13-32-27(25)30-19(3)26(28(32)35)23-14-18(2)33(31-23)22-7-4-6-21(29)15-22/h4-15H,16H2,1-3H3. The zero-order chi connectivity index (χ0) is 25.4. The third-order valence-electron chi connectivity index (χ3n) is 5.93. The normalized spacial score (nSPS) is 11.1. The van der Waals surface area contributed by atoms with E-state index in [0.717, 1.165) is 16.9 Å². The fraction of sp³-hybridized carbons (Fsp3) is 0.143. The molecule has 7 nitrogen and oxygen atoms in total. The number of halogens is 1. The minimum Gasteiger partial charge on any atom is -0.482 e. The van der Waals surface area contributed by atoms with Crippen molar-refractivity contribution in [3.05, 3.63) is 111 Å². The molecular weight excluding hydrogens is 476 g/mol. The Balaban J connectivity index is 1.50. The van der Waals surface area contributed by atoms with Crippen molar-refractivity contribution < 1.29 is 9.53 Å². The molecule has 0 spiro atoms. The Morgan fingerprint density at radius 2 is 1.78 bits per heavy atom. The number of fused-ring (bicyclic) bond motifs is 1. The second-order valence-corrected chi connectivity index (χ2v) is 9.02. The lowest BCUT2D eigenvalue weighted by Crippen LogP contribution is -2.20. The minimum atomic E-state index is -0.274. The molecule has 180 valence electrons. The summed E-state index contributed by atoms with van der Waals surface area (Å²) in [7, 11) is 0. The Morgan fingerprint density at radius 3 is 2.53 bits per heavy atom. The van der Waals surface area contributed by atoms with E-state index in [1.54, 1.807) is 48.1 Å². The molecular formula is C28H23ClN4O3. The van der Waals surface area contributed by atoms with Gasteiger partial charge in [0.25, 0.3) is 5.56 Å². The molecule has 5 aromatic rings. The average Bonchev–Trinajstić information content (AvgIpc) is 3.24. The first-order chi connectivity index (χ1) is 17.3. The molecule has 0 N–H and O–H groups in total. The largest absolute Gasteiger partial charge is 0.482 e. The fourth-order valence-electron chi connectivity index (χ4n) is 4.08. The van der Waals surface area contributed by atoms with Crippen molar-refractivity contribution in [2.75, 3.05) is 6.61 Å². The van der Waals surface area contributed by atoms with Crippen molar-refractivity contribution >= 4 is 23.0 Å². The van der Waals surface area contributed by atoms with Crippen molar-refractivity contribution in [1.29, 1.82) is 0 Å². The van der Waals surface area contributed by atoms with Gasteiger partial charge in [-0.25, -0.2) is 9.67 Å². The van der Waals surface area contributed by atoms with Gasteiger partial charge in [-0.1, -0.05) is 47.5 Å². The molecule has 2 aromatic carbocycles. The van der Waals surface area contributed by atoms with Crippen molar-refractivity contribution in [1.82, 2.24) is 19.2 Å². The highest BCUT2D eigenvalue weighted by molar-refractivity contribution is 6.30. The second kappa shape index (κ2) is 9.43. The highest BCUT2D eigenvalue weighted by Gasteiger charge is 2.19. The van der Waals surface area contributed by atoms with E-state index in [2.05, 4.69) is 10.1 Å². The monoisotopic (exact) mass is 498 g/mol. The molecule has 0 saturated heterocycles. The molecule has 0 saturated carbocycles. The number of carbonyl (C=O) groups excluding carboxylic acids is 1. The predicted molar refractivity (Wildman–Crippen MR) is 140 cm³/mol. The molecule has 0 atom stereocenters. The van der Waals surface area contributed by atoms with Crippen LogP contribution in [0.5, 0.6) is 5.75 Å². The number of hydrogen-bond acceptors (Lipinski definition) is 5. The van der Waals surface area contributed by atoms with Gasteiger partial charge in [-0.15, -0.1) is 0 Å². The Bertz CT molecular complexity index is 1670. The van der Waals surface area contributed by atoms with Crippen molar-refractivity contribution in [2.24, 2.45) is 0 Å². The average molecular weight is 499 g/mol. The van der Waals surface area contributed by atoms with Gasteiger partial charge in [0.1, 0.15) is 5.69 Å². The lowest BCUT2D eigenvalue weighted by Gasteiger charge is -2.11. The SMILES string of the molecule is Cc1ccc(C(=O)COc2cccn3c(=O)c(-c4cc(C)n(-c5cccc(Cl)c5)n4)c(C)nc23)cc1. The molecule has 0 amide bonds.